The molecule has 2 aromatic heterocycles. The third kappa shape index (κ3) is 29.5. The molecule has 3 amide bonds. The number of aliphatic hydroxyl groups excluding tert-OH is 1. The highest BCUT2D eigenvalue weighted by Gasteiger charge is 2.32. The second-order valence-corrected chi connectivity index (χ2v) is 26.0. The zero-order chi connectivity index (χ0) is 71.0. The SMILES string of the molecule is COCN(CC=C(CN(C)CC(=O)O)N[C@@H](CS(=O)(=O)O)C(=O)NCCCOCCOCCOCCCNC(=O)CCCOc1cc(C)c(S(=O)(=O)NC(CNC(=O)c2cn(C)c3cc(CNc4ncc[nH]4)ccc3c2=O)C(=O)O)c(C)c1)CC[N+](C)(CC(=O)O)CC(=O)CO. The number of sulfonamides is 1. The van der Waals surface area contributed by atoms with Crippen molar-refractivity contribution in [2.75, 3.05) is 157 Å². The lowest BCUT2D eigenvalue weighted by Crippen LogP contribution is -2.54. The number of Topliss-reactive ketones (excluding diaryl/α,β-unsaturated/α-hetero) is 1. The molecule has 36 heteroatoms. The number of pyridine rings is 1. The third-order valence-corrected chi connectivity index (χ3v) is 16.9. The molecule has 0 aliphatic rings. The number of aliphatic carboxylic acids is 3. The summed E-state index contributed by atoms with van der Waals surface area (Å²) in [6, 6.07) is 4.69. The minimum absolute atomic E-state index is 0.0173. The van der Waals surface area contributed by atoms with Gasteiger partial charge in [0.25, 0.3) is 16.0 Å². The fourth-order valence-electron chi connectivity index (χ4n) is 9.84. The second kappa shape index (κ2) is 40.5. The molecule has 34 nitrogen and oxygen atoms in total. The summed E-state index contributed by atoms with van der Waals surface area (Å²) in [6.07, 6.45) is 7.46. The van der Waals surface area contributed by atoms with Crippen molar-refractivity contribution in [3.8, 4) is 5.75 Å². The summed E-state index contributed by atoms with van der Waals surface area (Å²) in [4.78, 5) is 110. The van der Waals surface area contributed by atoms with E-state index in [-0.39, 0.29) is 135 Å². The number of imidazole rings is 1. The number of hydrogen-bond donors (Lipinski definition) is 12. The Labute approximate surface area is 556 Å². The molecule has 0 saturated carbocycles. The molecule has 0 saturated heterocycles. The van der Waals surface area contributed by atoms with E-state index in [1.165, 1.54) is 51.2 Å². The number of benzene rings is 2. The molecule has 0 radical (unpaired) electrons. The number of carboxylic acid groups (broad SMARTS) is 3. The number of aromatic amines is 1. The number of nitrogens with one attached hydrogen (secondary N) is 7. The number of carbonyl (C=O) groups is 7. The molecular weight excluding hydrogens is 1300 g/mol. The molecule has 0 aliphatic carbocycles. The van der Waals surface area contributed by atoms with Crippen LogP contribution in [0.25, 0.3) is 10.9 Å². The minimum Gasteiger partial charge on any atom is -0.494 e. The number of aryl methyl sites for hydroxylation is 3. The van der Waals surface area contributed by atoms with Gasteiger partial charge in [-0.05, 0) is 81.1 Å². The highest BCUT2D eigenvalue weighted by molar-refractivity contribution is 7.89. The largest absolute Gasteiger partial charge is 0.494 e. The molecule has 2 aromatic carbocycles. The zero-order valence-electron chi connectivity index (χ0n) is 54.8. The van der Waals surface area contributed by atoms with E-state index in [1.807, 2.05) is 0 Å². The van der Waals surface area contributed by atoms with E-state index in [0.717, 1.165) is 5.56 Å². The maximum Gasteiger partial charge on any atom is 0.359 e. The number of ether oxygens (including phenoxy) is 5. The summed E-state index contributed by atoms with van der Waals surface area (Å²) in [5.41, 5.74) is 1.21. The fourth-order valence-corrected chi connectivity index (χ4v) is 12.1. The van der Waals surface area contributed by atoms with Gasteiger partial charge >= 0.3 is 17.9 Å². The number of carbonyl (C=O) groups excluding carboxylic acids is 4. The number of H-pyrrole nitrogens is 1. The first kappa shape index (κ1) is 80.4. The Hall–Kier alpha value is -8.01. The number of hydrogen-bond acceptors (Lipinski definition) is 23. The van der Waals surface area contributed by atoms with Crippen molar-refractivity contribution < 1.29 is 104 Å². The molecule has 0 spiro atoms. The molecule has 4 rings (SSSR count). The summed E-state index contributed by atoms with van der Waals surface area (Å²) < 4.78 is 92.5. The van der Waals surface area contributed by atoms with Gasteiger partial charge in [0.1, 0.15) is 42.3 Å². The first-order chi connectivity index (χ1) is 45.4. The molecule has 534 valence electrons. The molecular formula is C60H91N12O22S2+. The van der Waals surface area contributed by atoms with Gasteiger partial charge in [-0.2, -0.15) is 13.1 Å². The topological polar surface area (TPSA) is 464 Å². The van der Waals surface area contributed by atoms with Gasteiger partial charge in [-0.1, -0.05) is 12.1 Å². The maximum atomic E-state index is 13.6. The van der Waals surface area contributed by atoms with Crippen molar-refractivity contribution in [1.82, 2.24) is 50.3 Å². The van der Waals surface area contributed by atoms with Gasteiger partial charge in [0.05, 0.1) is 76.9 Å². The number of rotatable bonds is 50. The molecule has 12 N–H and O–H groups in total. The number of carboxylic acids is 3. The highest BCUT2D eigenvalue weighted by Crippen LogP contribution is 2.26. The van der Waals surface area contributed by atoms with Crippen LogP contribution in [-0.4, -0.2) is 276 Å². The van der Waals surface area contributed by atoms with Crippen molar-refractivity contribution in [2.24, 2.45) is 7.05 Å². The lowest BCUT2D eigenvalue weighted by molar-refractivity contribution is -0.894. The van der Waals surface area contributed by atoms with E-state index in [9.17, 15) is 80.2 Å². The van der Waals surface area contributed by atoms with E-state index in [0.29, 0.717) is 56.2 Å². The summed E-state index contributed by atoms with van der Waals surface area (Å²) in [5, 5.41) is 52.1. The van der Waals surface area contributed by atoms with E-state index in [2.05, 4.69) is 41.3 Å². The van der Waals surface area contributed by atoms with Crippen LogP contribution in [0.1, 0.15) is 52.7 Å². The Kier molecular flexibility index (Phi) is 33.9. The number of nitrogens with zero attached hydrogens (tertiary/aromatic N) is 5. The number of likely N-dealkylation sites (N-methyl/N-ethyl adjacent to an activating group) is 2. The van der Waals surface area contributed by atoms with Gasteiger partial charge in [0, 0.05) is 103 Å². The van der Waals surface area contributed by atoms with Gasteiger partial charge in [-0.3, -0.25) is 47.9 Å². The van der Waals surface area contributed by atoms with E-state index >= 15 is 0 Å². The normalized spacial score (nSPS) is 13.2. The Bertz CT molecular complexity index is 3530. The number of quaternary nitrogens is 1. The molecule has 96 heavy (non-hydrogen) atoms. The second-order valence-electron chi connectivity index (χ2n) is 22.9. The average molecular weight is 1400 g/mol. The zero-order valence-corrected chi connectivity index (χ0v) is 56.4. The van der Waals surface area contributed by atoms with E-state index < -0.39 is 105 Å². The maximum absolute atomic E-state index is 13.6. The molecule has 0 aliphatic heterocycles. The summed E-state index contributed by atoms with van der Waals surface area (Å²) in [7, 11) is -3.11. The molecule has 0 bridgehead atoms. The smallest absolute Gasteiger partial charge is 0.359 e. The summed E-state index contributed by atoms with van der Waals surface area (Å²) >= 11 is 0. The first-order valence-corrected chi connectivity index (χ1v) is 33.6. The van der Waals surface area contributed by atoms with Gasteiger partial charge in [-0.25, -0.2) is 18.2 Å². The van der Waals surface area contributed by atoms with Gasteiger partial charge in [0.2, 0.25) is 33.0 Å². The van der Waals surface area contributed by atoms with Crippen LogP contribution in [0.2, 0.25) is 0 Å². The van der Waals surface area contributed by atoms with Crippen molar-refractivity contribution >= 4 is 78.4 Å². The predicted molar refractivity (Wildman–Crippen MR) is 348 cm³/mol. The third-order valence-electron chi connectivity index (χ3n) is 14.3. The van der Waals surface area contributed by atoms with Crippen molar-refractivity contribution in [3.05, 3.63) is 93.2 Å². The molecule has 3 atom stereocenters. The van der Waals surface area contributed by atoms with Crippen molar-refractivity contribution in [3.63, 3.8) is 0 Å². The Morgan fingerprint density at radius 3 is 2.08 bits per heavy atom. The van der Waals surface area contributed by atoms with Gasteiger partial charge in [0.15, 0.2) is 12.5 Å². The van der Waals surface area contributed by atoms with Crippen LogP contribution in [0.15, 0.2) is 70.4 Å². The van der Waals surface area contributed by atoms with Crippen LogP contribution in [0.5, 0.6) is 5.75 Å². The van der Waals surface area contributed by atoms with Gasteiger partial charge < -0.3 is 84.7 Å². The minimum atomic E-state index is -4.72. The van der Waals surface area contributed by atoms with Crippen LogP contribution >= 0.6 is 0 Å². The predicted octanol–water partition coefficient (Wildman–Crippen LogP) is -1.38. The molecule has 0 fully saturated rings. The Balaban J connectivity index is 1.10. The Morgan fingerprint density at radius 2 is 1.49 bits per heavy atom. The number of amides is 3. The van der Waals surface area contributed by atoms with Crippen molar-refractivity contribution in [1.29, 1.82) is 0 Å². The number of aliphatic hydroxyl groups is 1. The number of aromatic nitrogens is 3. The lowest BCUT2D eigenvalue weighted by atomic mass is 10.1. The molecule has 2 unspecified atom stereocenters. The standard InChI is InChI=1S/C60H90N12O22S2/c1-41-28-46(29-42(2)56(41)96(88,89)68-49(59(83)84)32-65-57(81)48-34-70(4)51-30-43(11-12-47(51)55(48)80)31-66-60-63-16-17-64-60)94-23-7-10-52(75)61-14-8-21-91-24-26-93-27-25-92-22-9-15-62-58(82)50(39-95(85,86)87)67-44(33-69(3)35-53(76)77)13-18-71(40-90-6)19-20-72(5,37-54(78)79)36-45(74)38-73/h11-13,16-17,28-30,34,49-50,67-68,73H,7-10,14-15,18-27,31-33,35-40H2,1-6H3,(H8-,61,62,63,64,65,66,75,76,77,78,79,81,82,83,84,85,86,87)/p+1/t49?,50-,72?/m0/s1. The number of methoxy groups -OCH3 is 1. The number of ketones is 1. The lowest BCUT2D eigenvalue weighted by Gasteiger charge is -2.34. The monoisotopic (exact) mass is 1400 g/mol. The number of anilines is 1. The van der Waals surface area contributed by atoms with Crippen LogP contribution in [0.3, 0.4) is 0 Å². The number of fused-ring (bicyclic) bond motifs is 1. The van der Waals surface area contributed by atoms with Crippen LogP contribution in [0, 0.1) is 13.8 Å². The Morgan fingerprint density at radius 1 is 0.833 bits per heavy atom. The van der Waals surface area contributed by atoms with Crippen LogP contribution in [-0.2, 0) is 81.4 Å². The quantitative estimate of drug-likeness (QED) is 0.0105. The van der Waals surface area contributed by atoms with E-state index in [4.69, 9.17) is 23.7 Å². The van der Waals surface area contributed by atoms with E-state index in [1.54, 1.807) is 60.2 Å². The molecule has 2 heterocycles. The van der Waals surface area contributed by atoms with Crippen LogP contribution in [0.4, 0.5) is 5.95 Å². The average Bonchev–Trinajstić information content (AvgIpc) is 0.842. The van der Waals surface area contributed by atoms with Crippen molar-refractivity contribution in [2.45, 2.75) is 63.1 Å². The highest BCUT2D eigenvalue weighted by atomic mass is 32.2. The first-order valence-electron chi connectivity index (χ1n) is 30.5. The van der Waals surface area contributed by atoms with Gasteiger partial charge in [-0.15, -0.1) is 0 Å². The fraction of sp³-hybridized carbons (Fsp3) is 0.550. The summed E-state index contributed by atoms with van der Waals surface area (Å²) in [6.45, 7) is 3.20. The van der Waals surface area contributed by atoms with Crippen LogP contribution < -0.4 is 41.5 Å². The summed E-state index contributed by atoms with van der Waals surface area (Å²) in [5.74, 6) is -6.50. The molecule has 4 aromatic rings.